The van der Waals surface area contributed by atoms with E-state index in [9.17, 15) is 14.4 Å². The van der Waals surface area contributed by atoms with Crippen LogP contribution in [-0.2, 0) is 25.5 Å². The summed E-state index contributed by atoms with van der Waals surface area (Å²) >= 11 is 0. The highest BCUT2D eigenvalue weighted by Crippen LogP contribution is 2.34. The van der Waals surface area contributed by atoms with E-state index < -0.39 is 6.04 Å². The van der Waals surface area contributed by atoms with Gasteiger partial charge in [-0.3, -0.25) is 14.4 Å². The number of carbonyl (C=O) groups is 3. The Labute approximate surface area is 189 Å². The summed E-state index contributed by atoms with van der Waals surface area (Å²) < 4.78 is 5.08. The number of piperazine rings is 1. The largest absolute Gasteiger partial charge is 0.375 e. The van der Waals surface area contributed by atoms with Gasteiger partial charge >= 0.3 is 0 Å². The molecule has 0 bridgehead atoms. The minimum atomic E-state index is -0.535. The number of hydrogen-bond acceptors (Lipinski definition) is 5. The maximum absolute atomic E-state index is 13.3. The van der Waals surface area contributed by atoms with Crippen molar-refractivity contribution in [3.63, 3.8) is 0 Å². The molecule has 2 saturated heterocycles. The van der Waals surface area contributed by atoms with Crippen molar-refractivity contribution in [2.24, 2.45) is 5.92 Å². The Morgan fingerprint density at radius 3 is 2.50 bits per heavy atom. The Hall–Kier alpha value is -2.45. The molecular formula is C24H34N4O4. The van der Waals surface area contributed by atoms with E-state index in [0.29, 0.717) is 32.6 Å². The van der Waals surface area contributed by atoms with E-state index in [1.54, 1.807) is 4.90 Å². The second kappa shape index (κ2) is 10.4. The van der Waals surface area contributed by atoms with Crippen molar-refractivity contribution in [3.05, 3.63) is 35.9 Å². The molecule has 3 aliphatic rings. The highest BCUT2D eigenvalue weighted by atomic mass is 16.5. The van der Waals surface area contributed by atoms with Crippen molar-refractivity contribution >= 4 is 17.7 Å². The van der Waals surface area contributed by atoms with Crippen molar-refractivity contribution in [1.29, 1.82) is 0 Å². The van der Waals surface area contributed by atoms with Gasteiger partial charge in [0.1, 0.15) is 12.6 Å². The lowest BCUT2D eigenvalue weighted by molar-refractivity contribution is -0.146. The zero-order chi connectivity index (χ0) is 22.5. The zero-order valence-corrected chi connectivity index (χ0v) is 18.9. The molecule has 8 heteroatoms. The summed E-state index contributed by atoms with van der Waals surface area (Å²) in [7, 11) is 1.49. The fraction of sp³-hybridized carbons (Fsp3) is 0.625. The van der Waals surface area contributed by atoms with Gasteiger partial charge in [-0.1, -0.05) is 30.3 Å². The van der Waals surface area contributed by atoms with Crippen LogP contribution in [0, 0.1) is 5.92 Å². The summed E-state index contributed by atoms with van der Waals surface area (Å²) in [4.78, 5) is 44.8. The standard InChI is InChI=1S/C24H34N4O4/c1-32-17-22(29)28-16-20(15-21(28)24(31)26-13-10-25-11-14-26)27(23(30)19-7-8-19)12-9-18-5-3-2-4-6-18/h2-6,19-21,25H,7-17H2,1H3. The normalized spacial score (nSPS) is 23.3. The third kappa shape index (κ3) is 5.30. The number of nitrogens with one attached hydrogen (secondary N) is 1. The Morgan fingerprint density at radius 2 is 1.84 bits per heavy atom. The topological polar surface area (TPSA) is 82.2 Å². The molecule has 1 saturated carbocycles. The number of carbonyl (C=O) groups excluding carboxylic acids is 3. The number of methoxy groups -OCH3 is 1. The summed E-state index contributed by atoms with van der Waals surface area (Å²) in [5.74, 6) is 0.0582. The first-order valence-electron chi connectivity index (χ1n) is 11.7. The molecule has 4 rings (SSSR count). The van der Waals surface area contributed by atoms with Crippen LogP contribution in [0.3, 0.4) is 0 Å². The highest BCUT2D eigenvalue weighted by Gasteiger charge is 2.46. The van der Waals surface area contributed by atoms with E-state index in [1.165, 1.54) is 12.7 Å². The molecule has 3 fully saturated rings. The van der Waals surface area contributed by atoms with Gasteiger partial charge in [0.15, 0.2) is 0 Å². The number of hydrogen-bond donors (Lipinski definition) is 1. The third-order valence-electron chi connectivity index (χ3n) is 6.72. The molecule has 0 radical (unpaired) electrons. The summed E-state index contributed by atoms with van der Waals surface area (Å²) in [6.07, 6.45) is 3.12. The number of benzene rings is 1. The molecule has 174 valence electrons. The highest BCUT2D eigenvalue weighted by molar-refractivity contribution is 5.89. The van der Waals surface area contributed by atoms with Gasteiger partial charge in [-0.15, -0.1) is 0 Å². The van der Waals surface area contributed by atoms with Crippen molar-refractivity contribution < 1.29 is 19.1 Å². The van der Waals surface area contributed by atoms with Gasteiger partial charge in [0.05, 0.1) is 6.04 Å². The number of ether oxygens (including phenoxy) is 1. The Balaban J connectivity index is 1.51. The van der Waals surface area contributed by atoms with Gasteiger partial charge in [0, 0.05) is 52.3 Å². The van der Waals surface area contributed by atoms with Crippen molar-refractivity contribution in [3.8, 4) is 0 Å². The molecule has 1 aromatic carbocycles. The quantitative estimate of drug-likeness (QED) is 0.635. The van der Waals surface area contributed by atoms with Crippen LogP contribution in [-0.4, -0.2) is 97.5 Å². The summed E-state index contributed by atoms with van der Waals surface area (Å²) in [5.41, 5.74) is 1.18. The van der Waals surface area contributed by atoms with Gasteiger partial charge in [-0.05, 0) is 31.2 Å². The molecule has 3 amide bonds. The lowest BCUT2D eigenvalue weighted by Crippen LogP contribution is -2.53. The maximum Gasteiger partial charge on any atom is 0.249 e. The monoisotopic (exact) mass is 442 g/mol. The van der Waals surface area contributed by atoms with Gasteiger partial charge in [-0.25, -0.2) is 0 Å². The molecule has 1 N–H and O–H groups in total. The average Bonchev–Trinajstić information content (AvgIpc) is 3.59. The molecule has 2 atom stereocenters. The number of likely N-dealkylation sites (tertiary alicyclic amines) is 1. The molecule has 2 heterocycles. The number of amides is 3. The van der Waals surface area contributed by atoms with Crippen LogP contribution >= 0.6 is 0 Å². The van der Waals surface area contributed by atoms with Crippen molar-refractivity contribution in [1.82, 2.24) is 20.0 Å². The molecule has 2 unspecified atom stereocenters. The number of nitrogens with zero attached hydrogens (tertiary/aromatic N) is 3. The molecule has 1 aromatic rings. The van der Waals surface area contributed by atoms with Crippen LogP contribution < -0.4 is 5.32 Å². The van der Waals surface area contributed by atoms with E-state index in [4.69, 9.17) is 4.74 Å². The third-order valence-corrected chi connectivity index (χ3v) is 6.72. The Kier molecular flexibility index (Phi) is 7.42. The van der Waals surface area contributed by atoms with E-state index in [2.05, 4.69) is 17.4 Å². The maximum atomic E-state index is 13.3. The van der Waals surface area contributed by atoms with Crippen molar-refractivity contribution in [2.75, 3.05) is 53.0 Å². The first-order valence-corrected chi connectivity index (χ1v) is 11.7. The Morgan fingerprint density at radius 1 is 1.12 bits per heavy atom. The van der Waals surface area contributed by atoms with Crippen LogP contribution in [0.2, 0.25) is 0 Å². The molecule has 8 nitrogen and oxygen atoms in total. The Bertz CT molecular complexity index is 807. The van der Waals surface area contributed by atoms with E-state index >= 15 is 0 Å². The molecule has 1 aliphatic carbocycles. The van der Waals surface area contributed by atoms with Crippen LogP contribution in [0.4, 0.5) is 0 Å². The van der Waals surface area contributed by atoms with Crippen LogP contribution in [0.25, 0.3) is 0 Å². The average molecular weight is 443 g/mol. The predicted molar refractivity (Wildman–Crippen MR) is 120 cm³/mol. The van der Waals surface area contributed by atoms with E-state index in [-0.39, 0.29) is 36.3 Å². The van der Waals surface area contributed by atoms with Gasteiger partial charge in [0.25, 0.3) is 0 Å². The smallest absolute Gasteiger partial charge is 0.249 e. The molecule has 2 aliphatic heterocycles. The number of rotatable bonds is 8. The van der Waals surface area contributed by atoms with Crippen LogP contribution in [0.15, 0.2) is 30.3 Å². The lowest BCUT2D eigenvalue weighted by Gasteiger charge is -2.32. The fourth-order valence-electron chi connectivity index (χ4n) is 4.78. The van der Waals surface area contributed by atoms with E-state index in [1.807, 2.05) is 28.0 Å². The first-order chi connectivity index (χ1) is 15.6. The molecule has 32 heavy (non-hydrogen) atoms. The summed E-state index contributed by atoms with van der Waals surface area (Å²) in [6.45, 7) is 3.74. The molecular weight excluding hydrogens is 408 g/mol. The van der Waals surface area contributed by atoms with Gasteiger partial charge in [-0.2, -0.15) is 0 Å². The summed E-state index contributed by atoms with van der Waals surface area (Å²) in [6, 6.07) is 9.45. The van der Waals surface area contributed by atoms with E-state index in [0.717, 1.165) is 32.4 Å². The first kappa shape index (κ1) is 22.7. The zero-order valence-electron chi connectivity index (χ0n) is 18.9. The molecule has 0 spiro atoms. The second-order valence-corrected chi connectivity index (χ2v) is 9.00. The van der Waals surface area contributed by atoms with Crippen LogP contribution in [0.5, 0.6) is 0 Å². The van der Waals surface area contributed by atoms with Crippen LogP contribution in [0.1, 0.15) is 24.8 Å². The fourth-order valence-corrected chi connectivity index (χ4v) is 4.78. The second-order valence-electron chi connectivity index (χ2n) is 9.00. The minimum Gasteiger partial charge on any atom is -0.375 e. The lowest BCUT2D eigenvalue weighted by atomic mass is 10.1. The van der Waals surface area contributed by atoms with Gasteiger partial charge in [0.2, 0.25) is 17.7 Å². The predicted octanol–water partition coefficient (Wildman–Crippen LogP) is 0.515. The summed E-state index contributed by atoms with van der Waals surface area (Å²) in [5, 5.41) is 3.26. The SMILES string of the molecule is COCC(=O)N1CC(N(CCc2ccccc2)C(=O)C2CC2)CC1C(=O)N1CCNCC1. The van der Waals surface area contributed by atoms with Gasteiger partial charge < -0.3 is 24.8 Å². The minimum absolute atomic E-state index is 0.0136. The van der Waals surface area contributed by atoms with Crippen molar-refractivity contribution in [2.45, 2.75) is 37.8 Å². The molecule has 0 aromatic heterocycles.